The molecule has 27 heavy (non-hydrogen) atoms. The summed E-state index contributed by atoms with van der Waals surface area (Å²) in [4.78, 5) is 41.2. The largest absolute Gasteiger partial charge is 0.495 e. The molecule has 0 unspecified atom stereocenters. The van der Waals surface area contributed by atoms with Crippen LogP contribution in [0.1, 0.15) is 21.7 Å². The Hall–Kier alpha value is -3.20. The van der Waals surface area contributed by atoms with Crippen molar-refractivity contribution < 1.29 is 19.4 Å². The number of fused-ring (bicyclic) bond motifs is 1. The number of anilines is 1. The predicted molar refractivity (Wildman–Crippen MR) is 102 cm³/mol. The second kappa shape index (κ2) is 7.20. The minimum atomic E-state index is -1.20. The number of methoxy groups -OCH3 is 1. The fourth-order valence-corrected chi connectivity index (χ4v) is 3.67. The summed E-state index contributed by atoms with van der Waals surface area (Å²) in [7, 11) is 1.50. The molecule has 0 aliphatic rings. The number of carbonyl (C=O) groups excluding carboxylic acids is 1. The first-order chi connectivity index (χ1) is 12.8. The number of hydrogen-bond acceptors (Lipinski definition) is 6. The minimum absolute atomic E-state index is 0.0130. The van der Waals surface area contributed by atoms with Gasteiger partial charge in [-0.1, -0.05) is 6.07 Å². The average molecular weight is 387 g/mol. The van der Waals surface area contributed by atoms with E-state index in [4.69, 9.17) is 4.74 Å². The lowest BCUT2D eigenvalue weighted by atomic mass is 10.2. The van der Waals surface area contributed by atoms with Gasteiger partial charge in [-0.05, 0) is 31.5 Å². The van der Waals surface area contributed by atoms with Gasteiger partial charge < -0.3 is 15.2 Å². The smallest absolute Gasteiger partial charge is 0.337 e. The number of aromatic nitrogens is 2. The fourth-order valence-electron chi connectivity index (χ4n) is 2.72. The van der Waals surface area contributed by atoms with E-state index in [0.717, 1.165) is 16.9 Å². The van der Waals surface area contributed by atoms with Gasteiger partial charge in [0.25, 0.3) is 5.56 Å². The summed E-state index contributed by atoms with van der Waals surface area (Å²) in [6, 6.07) is 5.35. The zero-order valence-corrected chi connectivity index (χ0v) is 15.7. The van der Waals surface area contributed by atoms with E-state index in [1.165, 1.54) is 17.1 Å². The van der Waals surface area contributed by atoms with Crippen molar-refractivity contribution in [3.05, 3.63) is 50.9 Å². The van der Waals surface area contributed by atoms with Crippen LogP contribution in [0.15, 0.2) is 28.4 Å². The quantitative estimate of drug-likeness (QED) is 0.696. The molecule has 0 spiro atoms. The maximum Gasteiger partial charge on any atom is 0.337 e. The summed E-state index contributed by atoms with van der Waals surface area (Å²) in [5, 5.41) is 13.4. The van der Waals surface area contributed by atoms with E-state index in [2.05, 4.69) is 10.3 Å². The standard InChI is InChI=1S/C18H17N3O5S/c1-9-4-5-13(26-3)12(6-9)20-14(22)7-21-10(2)19-16-15(17(21)23)11(8-27-16)18(24)25/h4-6,8H,7H2,1-3H3,(H,20,22)(H,24,25). The number of ether oxygens (including phenoxy) is 1. The van der Waals surface area contributed by atoms with E-state index in [1.807, 2.05) is 13.0 Å². The van der Waals surface area contributed by atoms with Gasteiger partial charge in [-0.15, -0.1) is 11.3 Å². The number of aryl methyl sites for hydroxylation is 2. The van der Waals surface area contributed by atoms with Gasteiger partial charge in [-0.2, -0.15) is 0 Å². The van der Waals surface area contributed by atoms with Crippen molar-refractivity contribution in [2.45, 2.75) is 20.4 Å². The van der Waals surface area contributed by atoms with Crippen molar-refractivity contribution in [3.8, 4) is 5.75 Å². The van der Waals surface area contributed by atoms with Gasteiger partial charge in [0.2, 0.25) is 5.91 Å². The second-order valence-electron chi connectivity index (χ2n) is 5.94. The highest BCUT2D eigenvalue weighted by atomic mass is 32.1. The lowest BCUT2D eigenvalue weighted by Crippen LogP contribution is -2.30. The summed E-state index contributed by atoms with van der Waals surface area (Å²) >= 11 is 1.08. The average Bonchev–Trinajstić information content (AvgIpc) is 3.03. The zero-order chi connectivity index (χ0) is 19.7. The van der Waals surface area contributed by atoms with Crippen molar-refractivity contribution >= 4 is 39.1 Å². The number of nitrogens with one attached hydrogen (secondary N) is 1. The molecule has 0 bridgehead atoms. The fraction of sp³-hybridized carbons (Fsp3) is 0.222. The van der Waals surface area contributed by atoms with E-state index >= 15 is 0 Å². The van der Waals surface area contributed by atoms with Gasteiger partial charge >= 0.3 is 5.97 Å². The summed E-state index contributed by atoms with van der Waals surface area (Å²) in [5.74, 6) is -0.822. The topological polar surface area (TPSA) is 111 Å². The molecule has 0 saturated heterocycles. The van der Waals surface area contributed by atoms with Crippen LogP contribution in [0.2, 0.25) is 0 Å². The Morgan fingerprint density at radius 1 is 1.33 bits per heavy atom. The predicted octanol–water partition coefficient (Wildman–Crippen LogP) is 2.42. The van der Waals surface area contributed by atoms with Crippen molar-refractivity contribution in [2.24, 2.45) is 0 Å². The molecule has 8 nitrogen and oxygen atoms in total. The van der Waals surface area contributed by atoms with E-state index in [1.54, 1.807) is 19.1 Å². The molecule has 0 atom stereocenters. The molecule has 3 rings (SSSR count). The number of hydrogen-bond donors (Lipinski definition) is 2. The Morgan fingerprint density at radius 2 is 2.07 bits per heavy atom. The molecule has 9 heteroatoms. The van der Waals surface area contributed by atoms with Gasteiger partial charge in [-0.25, -0.2) is 9.78 Å². The SMILES string of the molecule is COc1ccc(C)cc1NC(=O)Cn1c(C)nc2scc(C(=O)O)c2c1=O. The van der Waals surface area contributed by atoms with Crippen LogP contribution in [0.5, 0.6) is 5.75 Å². The van der Waals surface area contributed by atoms with E-state index in [9.17, 15) is 19.5 Å². The number of carbonyl (C=O) groups is 2. The Labute approximate surface area is 158 Å². The van der Waals surface area contributed by atoms with E-state index < -0.39 is 17.4 Å². The Morgan fingerprint density at radius 3 is 2.74 bits per heavy atom. The van der Waals surface area contributed by atoms with Crippen molar-refractivity contribution in [3.63, 3.8) is 0 Å². The Balaban J connectivity index is 1.96. The number of benzene rings is 1. The number of carboxylic acids is 1. The maximum absolute atomic E-state index is 12.8. The molecule has 140 valence electrons. The van der Waals surface area contributed by atoms with Gasteiger partial charge in [0.1, 0.15) is 22.9 Å². The molecular weight excluding hydrogens is 370 g/mol. The summed E-state index contributed by atoms with van der Waals surface area (Å²) in [6.45, 7) is 3.19. The van der Waals surface area contributed by atoms with Crippen molar-refractivity contribution in [2.75, 3.05) is 12.4 Å². The molecule has 2 aromatic heterocycles. The summed E-state index contributed by atoms with van der Waals surface area (Å²) in [6.07, 6.45) is 0. The van der Waals surface area contributed by atoms with Crippen LogP contribution in [0.4, 0.5) is 5.69 Å². The number of rotatable bonds is 5. The maximum atomic E-state index is 12.8. The molecule has 1 aromatic carbocycles. The molecule has 0 fully saturated rings. The van der Waals surface area contributed by atoms with Crippen LogP contribution in [-0.2, 0) is 11.3 Å². The minimum Gasteiger partial charge on any atom is -0.495 e. The van der Waals surface area contributed by atoms with Crippen molar-refractivity contribution in [1.29, 1.82) is 0 Å². The molecule has 2 heterocycles. The van der Waals surface area contributed by atoms with Gasteiger partial charge in [0.05, 0.1) is 23.7 Å². The highest BCUT2D eigenvalue weighted by molar-refractivity contribution is 7.17. The first kappa shape index (κ1) is 18.6. The number of carboxylic acid groups (broad SMARTS) is 1. The normalized spacial score (nSPS) is 10.8. The third-order valence-corrected chi connectivity index (χ3v) is 4.92. The molecule has 2 N–H and O–H groups in total. The van der Waals surface area contributed by atoms with Crippen LogP contribution >= 0.6 is 11.3 Å². The lowest BCUT2D eigenvalue weighted by molar-refractivity contribution is -0.116. The Kier molecular flexibility index (Phi) is 4.95. The molecule has 3 aromatic rings. The van der Waals surface area contributed by atoms with Crippen molar-refractivity contribution in [1.82, 2.24) is 9.55 Å². The number of amides is 1. The molecule has 0 aliphatic carbocycles. The summed E-state index contributed by atoms with van der Waals surface area (Å²) in [5.41, 5.74) is 0.764. The first-order valence-electron chi connectivity index (χ1n) is 7.98. The monoisotopic (exact) mass is 387 g/mol. The van der Waals surface area contributed by atoms with E-state index in [0.29, 0.717) is 22.1 Å². The van der Waals surface area contributed by atoms with Crippen LogP contribution in [0, 0.1) is 13.8 Å². The number of thiophene rings is 1. The molecular formula is C18H17N3O5S. The van der Waals surface area contributed by atoms with Crippen LogP contribution in [-0.4, -0.2) is 33.6 Å². The van der Waals surface area contributed by atoms with Gasteiger partial charge in [-0.3, -0.25) is 14.2 Å². The van der Waals surface area contributed by atoms with Crippen LogP contribution in [0.25, 0.3) is 10.2 Å². The first-order valence-corrected chi connectivity index (χ1v) is 8.86. The number of aromatic carboxylic acids is 1. The van der Waals surface area contributed by atoms with Gasteiger partial charge in [0, 0.05) is 5.38 Å². The van der Waals surface area contributed by atoms with Crippen LogP contribution < -0.4 is 15.6 Å². The highest BCUT2D eigenvalue weighted by Gasteiger charge is 2.19. The van der Waals surface area contributed by atoms with Crippen LogP contribution in [0.3, 0.4) is 0 Å². The molecule has 0 saturated carbocycles. The number of nitrogens with zero attached hydrogens (tertiary/aromatic N) is 2. The van der Waals surface area contributed by atoms with Gasteiger partial charge in [0.15, 0.2) is 0 Å². The molecule has 0 radical (unpaired) electrons. The third-order valence-electron chi connectivity index (χ3n) is 4.05. The highest BCUT2D eigenvalue weighted by Crippen LogP contribution is 2.25. The third kappa shape index (κ3) is 3.54. The molecule has 1 amide bonds. The zero-order valence-electron chi connectivity index (χ0n) is 14.9. The second-order valence-corrected chi connectivity index (χ2v) is 6.80. The van der Waals surface area contributed by atoms with E-state index in [-0.39, 0.29) is 17.5 Å². The lowest BCUT2D eigenvalue weighted by Gasteiger charge is -2.13. The molecule has 0 aliphatic heterocycles. The Bertz CT molecular complexity index is 1120. The summed E-state index contributed by atoms with van der Waals surface area (Å²) < 4.78 is 6.39.